The molecule has 0 aliphatic carbocycles. The molecule has 14 heavy (non-hydrogen) atoms. The lowest BCUT2D eigenvalue weighted by Crippen LogP contribution is -2.17. The summed E-state index contributed by atoms with van der Waals surface area (Å²) in [4.78, 5) is 0. The van der Waals surface area contributed by atoms with Crippen LogP contribution in [-0.2, 0) is 0 Å². The molecule has 1 aromatic rings. The zero-order valence-corrected chi connectivity index (χ0v) is 7.70. The molecule has 0 bridgehead atoms. The highest BCUT2D eigenvalue weighted by atomic mass is 19.1. The fourth-order valence-electron chi connectivity index (χ4n) is 1.38. The second-order valence-corrected chi connectivity index (χ2v) is 3.16. The van der Waals surface area contributed by atoms with E-state index in [0.717, 1.165) is 5.56 Å². The number of alkyl halides is 1. The van der Waals surface area contributed by atoms with Gasteiger partial charge >= 0.3 is 0 Å². The predicted octanol–water partition coefficient (Wildman–Crippen LogP) is 1.43. The molecule has 1 aliphatic heterocycles. The van der Waals surface area contributed by atoms with Gasteiger partial charge in [0, 0.05) is 0 Å². The van der Waals surface area contributed by atoms with E-state index in [1.54, 1.807) is 18.2 Å². The van der Waals surface area contributed by atoms with Crippen LogP contribution < -0.4 is 15.2 Å². The van der Waals surface area contributed by atoms with E-state index in [1.807, 2.05) is 0 Å². The van der Waals surface area contributed by atoms with Crippen LogP contribution in [0.2, 0.25) is 0 Å². The summed E-state index contributed by atoms with van der Waals surface area (Å²) in [7, 11) is 0. The first-order valence-electron chi connectivity index (χ1n) is 4.52. The Morgan fingerprint density at radius 1 is 1.29 bits per heavy atom. The Labute approximate surface area is 81.6 Å². The zero-order valence-electron chi connectivity index (χ0n) is 7.70. The first-order chi connectivity index (χ1) is 6.81. The first-order valence-corrected chi connectivity index (χ1v) is 4.52. The smallest absolute Gasteiger partial charge is 0.161 e. The van der Waals surface area contributed by atoms with Crippen LogP contribution in [0.1, 0.15) is 11.6 Å². The molecule has 0 radical (unpaired) electrons. The fourth-order valence-corrected chi connectivity index (χ4v) is 1.38. The van der Waals surface area contributed by atoms with Gasteiger partial charge in [0.15, 0.2) is 11.5 Å². The molecule has 3 nitrogen and oxygen atoms in total. The third-order valence-corrected chi connectivity index (χ3v) is 2.16. The molecule has 2 N–H and O–H groups in total. The lowest BCUT2D eigenvalue weighted by atomic mass is 10.1. The molecule has 1 aliphatic rings. The number of benzene rings is 1. The van der Waals surface area contributed by atoms with E-state index in [0.29, 0.717) is 24.7 Å². The van der Waals surface area contributed by atoms with Crippen molar-refractivity contribution in [2.24, 2.45) is 5.73 Å². The fraction of sp³-hybridized carbons (Fsp3) is 0.400. The van der Waals surface area contributed by atoms with Crippen molar-refractivity contribution in [3.63, 3.8) is 0 Å². The molecule has 0 fully saturated rings. The molecule has 1 heterocycles. The van der Waals surface area contributed by atoms with Crippen LogP contribution in [0.3, 0.4) is 0 Å². The molecule has 0 spiro atoms. The van der Waals surface area contributed by atoms with E-state index >= 15 is 0 Å². The third kappa shape index (κ3) is 1.65. The van der Waals surface area contributed by atoms with E-state index in [1.165, 1.54) is 0 Å². The number of ether oxygens (including phenoxy) is 2. The lowest BCUT2D eigenvalue weighted by molar-refractivity contribution is 0.171. The highest BCUT2D eigenvalue weighted by Crippen LogP contribution is 2.32. The molecule has 0 unspecified atom stereocenters. The number of halogens is 1. The average molecular weight is 197 g/mol. The van der Waals surface area contributed by atoms with Crippen molar-refractivity contribution >= 4 is 0 Å². The van der Waals surface area contributed by atoms with Gasteiger partial charge in [0.25, 0.3) is 0 Å². The summed E-state index contributed by atoms with van der Waals surface area (Å²) in [5.41, 5.74) is 6.29. The summed E-state index contributed by atoms with van der Waals surface area (Å²) in [5, 5.41) is 0. The topological polar surface area (TPSA) is 44.5 Å². The quantitative estimate of drug-likeness (QED) is 0.780. The van der Waals surface area contributed by atoms with E-state index in [2.05, 4.69) is 0 Å². The van der Waals surface area contributed by atoms with Gasteiger partial charge in [-0.15, -0.1) is 0 Å². The van der Waals surface area contributed by atoms with Crippen molar-refractivity contribution in [1.82, 2.24) is 0 Å². The molecular weight excluding hydrogens is 185 g/mol. The Hall–Kier alpha value is -1.29. The lowest BCUT2D eigenvalue weighted by Gasteiger charge is -2.19. The standard InChI is InChI=1S/C10H12FNO2/c11-6-8(12)7-1-2-9-10(5-7)14-4-3-13-9/h1-2,5,8H,3-4,6,12H2/t8-/m1/s1. The van der Waals surface area contributed by atoms with Gasteiger partial charge in [-0.05, 0) is 17.7 Å². The van der Waals surface area contributed by atoms with E-state index in [4.69, 9.17) is 15.2 Å². The summed E-state index contributed by atoms with van der Waals surface area (Å²) >= 11 is 0. The number of hydrogen-bond acceptors (Lipinski definition) is 3. The first kappa shape index (κ1) is 9.27. The Morgan fingerprint density at radius 2 is 2.00 bits per heavy atom. The van der Waals surface area contributed by atoms with Crippen LogP contribution in [0.4, 0.5) is 4.39 Å². The molecule has 0 saturated carbocycles. The summed E-state index contributed by atoms with van der Waals surface area (Å²) in [5.74, 6) is 1.35. The minimum atomic E-state index is -0.578. The highest BCUT2D eigenvalue weighted by Gasteiger charge is 2.14. The summed E-state index contributed by atoms with van der Waals surface area (Å²) in [6.45, 7) is 0.516. The second-order valence-electron chi connectivity index (χ2n) is 3.16. The maximum atomic E-state index is 12.3. The van der Waals surface area contributed by atoms with Crippen LogP contribution in [0.25, 0.3) is 0 Å². The van der Waals surface area contributed by atoms with Gasteiger partial charge in [0.05, 0.1) is 6.04 Å². The number of nitrogens with two attached hydrogens (primary N) is 1. The van der Waals surface area contributed by atoms with Crippen molar-refractivity contribution in [1.29, 1.82) is 0 Å². The molecular formula is C10H12FNO2. The SMILES string of the molecule is N[C@H](CF)c1ccc2c(c1)OCCO2. The van der Waals surface area contributed by atoms with Crippen LogP contribution in [0.5, 0.6) is 11.5 Å². The van der Waals surface area contributed by atoms with Crippen LogP contribution in [-0.4, -0.2) is 19.9 Å². The van der Waals surface area contributed by atoms with Crippen molar-refractivity contribution in [3.8, 4) is 11.5 Å². The van der Waals surface area contributed by atoms with Crippen molar-refractivity contribution < 1.29 is 13.9 Å². The van der Waals surface area contributed by atoms with Crippen molar-refractivity contribution in [2.75, 3.05) is 19.9 Å². The number of hydrogen-bond donors (Lipinski definition) is 1. The molecule has 0 aromatic heterocycles. The van der Waals surface area contributed by atoms with Gasteiger partial charge in [-0.3, -0.25) is 0 Å². The van der Waals surface area contributed by atoms with Gasteiger partial charge < -0.3 is 15.2 Å². The van der Waals surface area contributed by atoms with E-state index in [9.17, 15) is 4.39 Å². The van der Waals surface area contributed by atoms with E-state index in [-0.39, 0.29) is 0 Å². The van der Waals surface area contributed by atoms with Gasteiger partial charge in [-0.25, -0.2) is 4.39 Å². The van der Waals surface area contributed by atoms with Crippen LogP contribution >= 0.6 is 0 Å². The predicted molar refractivity (Wildman–Crippen MR) is 50.3 cm³/mol. The Balaban J connectivity index is 2.29. The molecule has 76 valence electrons. The zero-order chi connectivity index (χ0) is 9.97. The van der Waals surface area contributed by atoms with Gasteiger partial charge in [0.1, 0.15) is 19.9 Å². The van der Waals surface area contributed by atoms with Gasteiger partial charge in [-0.1, -0.05) is 6.07 Å². The maximum Gasteiger partial charge on any atom is 0.161 e. The Bertz CT molecular complexity index is 330. The monoisotopic (exact) mass is 197 g/mol. The Morgan fingerprint density at radius 3 is 2.71 bits per heavy atom. The second kappa shape index (κ2) is 3.84. The van der Waals surface area contributed by atoms with Crippen molar-refractivity contribution in [2.45, 2.75) is 6.04 Å². The van der Waals surface area contributed by atoms with Crippen LogP contribution in [0, 0.1) is 0 Å². The summed E-state index contributed by atoms with van der Waals surface area (Å²) in [6, 6.07) is 4.68. The maximum absolute atomic E-state index is 12.3. The highest BCUT2D eigenvalue weighted by molar-refractivity contribution is 5.44. The normalized spacial score (nSPS) is 16.4. The number of rotatable bonds is 2. The molecule has 1 atom stereocenters. The average Bonchev–Trinajstić information content (AvgIpc) is 2.27. The summed E-state index contributed by atoms with van der Waals surface area (Å²) in [6.07, 6.45) is 0. The summed E-state index contributed by atoms with van der Waals surface area (Å²) < 4.78 is 23.0. The third-order valence-electron chi connectivity index (χ3n) is 2.16. The minimum absolute atomic E-state index is 0.529. The molecule has 0 amide bonds. The minimum Gasteiger partial charge on any atom is -0.486 e. The molecule has 1 aromatic carbocycles. The van der Waals surface area contributed by atoms with E-state index < -0.39 is 12.7 Å². The molecule has 4 heteroatoms. The van der Waals surface area contributed by atoms with Gasteiger partial charge in [0.2, 0.25) is 0 Å². The molecule has 0 saturated heterocycles. The van der Waals surface area contributed by atoms with Gasteiger partial charge in [-0.2, -0.15) is 0 Å². The largest absolute Gasteiger partial charge is 0.486 e. The molecule has 2 rings (SSSR count). The van der Waals surface area contributed by atoms with Crippen molar-refractivity contribution in [3.05, 3.63) is 23.8 Å². The van der Waals surface area contributed by atoms with Crippen LogP contribution in [0.15, 0.2) is 18.2 Å². The Kier molecular flexibility index (Phi) is 2.54. The number of fused-ring (bicyclic) bond motifs is 1.